The second kappa shape index (κ2) is 4.56. The molecule has 2 heterocycles. The van der Waals surface area contributed by atoms with Gasteiger partial charge in [-0.3, -0.25) is 4.40 Å². The maximum absolute atomic E-state index is 11.6. The quantitative estimate of drug-likeness (QED) is 0.536. The lowest BCUT2D eigenvalue weighted by molar-refractivity contribution is 0.0518. The minimum atomic E-state index is -1.55. The number of carbonyl (C=O) groups is 1. The molecule has 0 bridgehead atoms. The average molecular weight is 234 g/mol. The number of imidazole rings is 1. The van der Waals surface area contributed by atoms with Crippen molar-refractivity contribution in [1.82, 2.24) is 9.38 Å². The van der Waals surface area contributed by atoms with Gasteiger partial charge in [-0.25, -0.2) is 9.78 Å². The van der Waals surface area contributed by atoms with Crippen LogP contribution in [0.15, 0.2) is 24.5 Å². The number of nitrogens with zero attached hydrogens (tertiary/aromatic N) is 2. The van der Waals surface area contributed by atoms with E-state index in [4.69, 9.17) is 14.8 Å². The molecule has 0 atom stereocenters. The molecule has 0 saturated heterocycles. The van der Waals surface area contributed by atoms with Crippen LogP contribution in [0, 0.1) is 0 Å². The number of rotatable bonds is 3. The number of fused-ring (bicyclic) bond motifs is 1. The summed E-state index contributed by atoms with van der Waals surface area (Å²) < 4.78 is 6.41. The fourth-order valence-corrected chi connectivity index (χ4v) is 1.51. The Morgan fingerprint density at radius 2 is 2.35 bits per heavy atom. The molecule has 0 radical (unpaired) electrons. The molecule has 0 aliphatic rings. The fourth-order valence-electron chi connectivity index (χ4n) is 1.51. The first-order chi connectivity index (χ1) is 8.13. The Kier molecular flexibility index (Phi) is 3.12. The number of esters is 1. The van der Waals surface area contributed by atoms with Gasteiger partial charge in [0.1, 0.15) is 5.65 Å². The molecule has 0 fully saturated rings. The maximum Gasteiger partial charge on any atom is 0.488 e. The van der Waals surface area contributed by atoms with Crippen molar-refractivity contribution in [2.24, 2.45) is 0 Å². The van der Waals surface area contributed by atoms with Crippen LogP contribution in [0.25, 0.3) is 5.65 Å². The van der Waals surface area contributed by atoms with Crippen LogP contribution in [-0.4, -0.2) is 39.1 Å². The largest absolute Gasteiger partial charge is 0.488 e. The van der Waals surface area contributed by atoms with Crippen molar-refractivity contribution in [2.45, 2.75) is 6.92 Å². The van der Waals surface area contributed by atoms with Crippen LogP contribution in [-0.2, 0) is 4.74 Å². The van der Waals surface area contributed by atoms with Crippen molar-refractivity contribution in [3.63, 3.8) is 0 Å². The molecule has 2 aromatic rings. The van der Waals surface area contributed by atoms with Crippen molar-refractivity contribution in [1.29, 1.82) is 0 Å². The zero-order valence-corrected chi connectivity index (χ0v) is 9.20. The summed E-state index contributed by atoms with van der Waals surface area (Å²) in [5, 5.41) is 18.0. The van der Waals surface area contributed by atoms with Gasteiger partial charge in [-0.2, -0.15) is 0 Å². The molecule has 0 unspecified atom stereocenters. The number of hydrogen-bond donors (Lipinski definition) is 2. The highest BCUT2D eigenvalue weighted by Gasteiger charge is 2.16. The Balaban J connectivity index is 2.45. The summed E-state index contributed by atoms with van der Waals surface area (Å²) in [6.07, 6.45) is 2.93. The number of hydrogen-bond acceptors (Lipinski definition) is 5. The van der Waals surface area contributed by atoms with Gasteiger partial charge < -0.3 is 14.8 Å². The van der Waals surface area contributed by atoms with Gasteiger partial charge in [0.2, 0.25) is 0 Å². The molecule has 2 N–H and O–H groups in total. The molecule has 2 aromatic heterocycles. The predicted octanol–water partition coefficient (Wildman–Crippen LogP) is -0.809. The lowest BCUT2D eigenvalue weighted by Gasteiger charge is -2.03. The van der Waals surface area contributed by atoms with E-state index in [1.165, 1.54) is 22.7 Å². The van der Waals surface area contributed by atoms with Gasteiger partial charge >= 0.3 is 13.1 Å². The molecule has 0 amide bonds. The summed E-state index contributed by atoms with van der Waals surface area (Å²) in [6, 6.07) is 3.00. The molecule has 0 spiro atoms. The molecule has 88 valence electrons. The van der Waals surface area contributed by atoms with Crippen LogP contribution in [0.3, 0.4) is 0 Å². The number of aromatic nitrogens is 2. The van der Waals surface area contributed by atoms with E-state index in [-0.39, 0.29) is 0 Å². The zero-order chi connectivity index (χ0) is 12.4. The summed E-state index contributed by atoms with van der Waals surface area (Å²) in [7, 11) is -1.55. The maximum atomic E-state index is 11.6. The molecule has 0 aliphatic carbocycles. The standard InChI is InChI=1S/C10H11BN2O4/c1-2-17-10(14)8-6-12-9-5-7(11(15)16)3-4-13(8)9/h3-6,15-16H,2H2,1H3. The highest BCUT2D eigenvalue weighted by atomic mass is 16.5. The fraction of sp³-hybridized carbons (Fsp3) is 0.200. The Labute approximate surface area is 97.6 Å². The molecule has 0 saturated carbocycles. The second-order valence-electron chi connectivity index (χ2n) is 3.43. The van der Waals surface area contributed by atoms with E-state index in [0.29, 0.717) is 23.4 Å². The van der Waals surface area contributed by atoms with Crippen LogP contribution in [0.5, 0.6) is 0 Å². The van der Waals surface area contributed by atoms with Crippen molar-refractivity contribution in [3.05, 3.63) is 30.2 Å². The monoisotopic (exact) mass is 234 g/mol. The predicted molar refractivity (Wildman–Crippen MR) is 61.0 cm³/mol. The summed E-state index contributed by atoms with van der Waals surface area (Å²) >= 11 is 0. The van der Waals surface area contributed by atoms with E-state index in [1.54, 1.807) is 13.1 Å². The third-order valence-electron chi connectivity index (χ3n) is 2.32. The third-order valence-corrected chi connectivity index (χ3v) is 2.32. The summed E-state index contributed by atoms with van der Waals surface area (Å²) in [5.74, 6) is -0.461. The molecule has 7 heteroatoms. The summed E-state index contributed by atoms with van der Waals surface area (Å²) in [5.41, 5.74) is 1.08. The topological polar surface area (TPSA) is 84.1 Å². The van der Waals surface area contributed by atoms with Crippen molar-refractivity contribution >= 4 is 24.2 Å². The summed E-state index contributed by atoms with van der Waals surface area (Å²) in [4.78, 5) is 15.6. The molecular weight excluding hydrogens is 223 g/mol. The van der Waals surface area contributed by atoms with E-state index in [9.17, 15) is 4.79 Å². The van der Waals surface area contributed by atoms with Crippen molar-refractivity contribution < 1.29 is 19.6 Å². The van der Waals surface area contributed by atoms with Crippen LogP contribution in [0.2, 0.25) is 0 Å². The van der Waals surface area contributed by atoms with E-state index >= 15 is 0 Å². The highest BCUT2D eigenvalue weighted by Crippen LogP contribution is 2.06. The molecule has 0 aliphatic heterocycles. The first kappa shape index (κ1) is 11.6. The lowest BCUT2D eigenvalue weighted by Crippen LogP contribution is -2.30. The molecular formula is C10H11BN2O4. The molecule has 17 heavy (non-hydrogen) atoms. The second-order valence-corrected chi connectivity index (χ2v) is 3.43. The lowest BCUT2D eigenvalue weighted by atomic mass is 9.81. The van der Waals surface area contributed by atoms with Gasteiger partial charge in [-0.15, -0.1) is 0 Å². The molecule has 0 aromatic carbocycles. The van der Waals surface area contributed by atoms with Crippen LogP contribution in [0.4, 0.5) is 0 Å². The summed E-state index contributed by atoms with van der Waals surface area (Å²) in [6.45, 7) is 2.01. The molecule has 6 nitrogen and oxygen atoms in total. The van der Waals surface area contributed by atoms with Crippen molar-refractivity contribution in [2.75, 3.05) is 6.61 Å². The first-order valence-electron chi connectivity index (χ1n) is 5.13. The van der Waals surface area contributed by atoms with Gasteiger partial charge in [0.15, 0.2) is 5.69 Å². The Bertz CT molecular complexity index is 552. The van der Waals surface area contributed by atoms with Crippen LogP contribution >= 0.6 is 0 Å². The third kappa shape index (κ3) is 2.15. The SMILES string of the molecule is CCOC(=O)c1cnc2cc(B(O)O)ccn12. The zero-order valence-electron chi connectivity index (χ0n) is 9.20. The van der Waals surface area contributed by atoms with E-state index in [2.05, 4.69) is 4.98 Å². The average Bonchev–Trinajstić information content (AvgIpc) is 2.71. The minimum absolute atomic E-state index is 0.291. The van der Waals surface area contributed by atoms with Gasteiger partial charge in [0, 0.05) is 6.20 Å². The Hall–Kier alpha value is -1.86. The normalized spacial score (nSPS) is 10.5. The minimum Gasteiger partial charge on any atom is -0.461 e. The van der Waals surface area contributed by atoms with Crippen molar-refractivity contribution in [3.8, 4) is 0 Å². The van der Waals surface area contributed by atoms with Crippen LogP contribution in [0.1, 0.15) is 17.4 Å². The molecule has 2 rings (SSSR count). The van der Waals surface area contributed by atoms with Crippen LogP contribution < -0.4 is 5.46 Å². The van der Waals surface area contributed by atoms with E-state index in [1.807, 2.05) is 0 Å². The number of carbonyl (C=O) groups excluding carboxylic acids is 1. The Morgan fingerprint density at radius 1 is 1.59 bits per heavy atom. The van der Waals surface area contributed by atoms with Gasteiger partial charge in [0.05, 0.1) is 12.8 Å². The first-order valence-corrected chi connectivity index (χ1v) is 5.13. The smallest absolute Gasteiger partial charge is 0.461 e. The highest BCUT2D eigenvalue weighted by molar-refractivity contribution is 6.58. The van der Waals surface area contributed by atoms with E-state index < -0.39 is 13.1 Å². The Morgan fingerprint density at radius 3 is 3.00 bits per heavy atom. The van der Waals surface area contributed by atoms with Gasteiger partial charge in [-0.1, -0.05) is 0 Å². The number of pyridine rings is 1. The number of ether oxygens (including phenoxy) is 1. The van der Waals surface area contributed by atoms with Gasteiger partial charge in [0.25, 0.3) is 0 Å². The van der Waals surface area contributed by atoms with E-state index in [0.717, 1.165) is 0 Å². The van der Waals surface area contributed by atoms with Gasteiger partial charge in [-0.05, 0) is 24.5 Å².